The fourth-order valence-corrected chi connectivity index (χ4v) is 1.86. The van der Waals surface area contributed by atoms with E-state index < -0.39 is 0 Å². The van der Waals surface area contributed by atoms with Crippen molar-refractivity contribution in [1.82, 2.24) is 20.1 Å². The number of hydrogen-bond acceptors (Lipinski definition) is 4. The van der Waals surface area contributed by atoms with Crippen molar-refractivity contribution >= 4 is 11.8 Å². The van der Waals surface area contributed by atoms with Crippen molar-refractivity contribution in [3.8, 4) is 0 Å². The van der Waals surface area contributed by atoms with Crippen LogP contribution in [0.15, 0.2) is 0 Å². The minimum absolute atomic E-state index is 0.537. The molecule has 15 heavy (non-hydrogen) atoms. The number of thioether (sulfide) groups is 1. The summed E-state index contributed by atoms with van der Waals surface area (Å²) in [6.07, 6.45) is 3.33. The molecule has 1 N–H and O–H groups in total. The summed E-state index contributed by atoms with van der Waals surface area (Å²) in [5.41, 5.74) is 0. The van der Waals surface area contributed by atoms with E-state index in [0.29, 0.717) is 6.04 Å². The van der Waals surface area contributed by atoms with E-state index in [2.05, 4.69) is 28.7 Å². The van der Waals surface area contributed by atoms with Crippen molar-refractivity contribution in [2.75, 3.05) is 12.0 Å². The van der Waals surface area contributed by atoms with Crippen molar-refractivity contribution in [1.29, 1.82) is 0 Å². The van der Waals surface area contributed by atoms with Crippen LogP contribution in [0.4, 0.5) is 0 Å². The smallest absolute Gasteiger partial charge is 0.146 e. The summed E-state index contributed by atoms with van der Waals surface area (Å²) in [6, 6.07) is 0.537. The summed E-state index contributed by atoms with van der Waals surface area (Å²) in [7, 11) is 2.00. The topological polar surface area (TPSA) is 42.7 Å². The molecule has 4 nitrogen and oxygen atoms in total. The monoisotopic (exact) mass is 228 g/mol. The van der Waals surface area contributed by atoms with Crippen LogP contribution in [0.1, 0.15) is 25.0 Å². The second-order valence-electron chi connectivity index (χ2n) is 3.79. The van der Waals surface area contributed by atoms with Gasteiger partial charge in [0.1, 0.15) is 11.6 Å². The number of nitrogens with one attached hydrogen (secondary N) is 1. The molecular formula is C10H20N4S. The van der Waals surface area contributed by atoms with Gasteiger partial charge < -0.3 is 9.88 Å². The first-order valence-electron chi connectivity index (χ1n) is 5.22. The van der Waals surface area contributed by atoms with Crippen molar-refractivity contribution in [3.05, 3.63) is 11.6 Å². The molecule has 1 atom stereocenters. The van der Waals surface area contributed by atoms with Crippen molar-refractivity contribution in [2.24, 2.45) is 7.05 Å². The zero-order valence-corrected chi connectivity index (χ0v) is 10.8. The molecule has 0 amide bonds. The van der Waals surface area contributed by atoms with Crippen molar-refractivity contribution in [2.45, 2.75) is 32.9 Å². The lowest BCUT2D eigenvalue weighted by atomic mass is 10.2. The second kappa shape index (κ2) is 6.12. The van der Waals surface area contributed by atoms with Crippen LogP contribution < -0.4 is 5.32 Å². The van der Waals surface area contributed by atoms with Crippen LogP contribution in [-0.4, -0.2) is 32.8 Å². The van der Waals surface area contributed by atoms with E-state index in [1.807, 2.05) is 30.3 Å². The predicted molar refractivity (Wildman–Crippen MR) is 65.0 cm³/mol. The third-order valence-corrected chi connectivity index (χ3v) is 3.19. The average molecular weight is 228 g/mol. The molecule has 1 heterocycles. The van der Waals surface area contributed by atoms with E-state index >= 15 is 0 Å². The van der Waals surface area contributed by atoms with E-state index in [0.717, 1.165) is 18.2 Å². The summed E-state index contributed by atoms with van der Waals surface area (Å²) < 4.78 is 2.02. The maximum absolute atomic E-state index is 4.11. The van der Waals surface area contributed by atoms with Crippen molar-refractivity contribution < 1.29 is 0 Å². The van der Waals surface area contributed by atoms with Gasteiger partial charge in [0.2, 0.25) is 0 Å². The van der Waals surface area contributed by atoms with Gasteiger partial charge in [0.05, 0.1) is 6.54 Å². The maximum Gasteiger partial charge on any atom is 0.146 e. The van der Waals surface area contributed by atoms with E-state index in [1.165, 1.54) is 12.2 Å². The molecule has 0 aliphatic heterocycles. The van der Waals surface area contributed by atoms with Gasteiger partial charge in [-0.1, -0.05) is 0 Å². The molecule has 0 radical (unpaired) electrons. The zero-order chi connectivity index (χ0) is 11.3. The van der Waals surface area contributed by atoms with Crippen molar-refractivity contribution in [3.63, 3.8) is 0 Å². The minimum atomic E-state index is 0.537. The maximum atomic E-state index is 4.11. The summed E-state index contributed by atoms with van der Waals surface area (Å²) >= 11 is 1.89. The Labute approximate surface area is 95.9 Å². The Balaban J connectivity index is 2.33. The Kier molecular flexibility index (Phi) is 5.11. The lowest BCUT2D eigenvalue weighted by Gasteiger charge is -2.12. The number of aromatic nitrogens is 3. The quantitative estimate of drug-likeness (QED) is 0.798. The largest absolute Gasteiger partial charge is 0.317 e. The second-order valence-corrected chi connectivity index (χ2v) is 4.77. The Bertz CT molecular complexity index is 298. The third-order valence-electron chi connectivity index (χ3n) is 2.55. The standard InChI is InChI=1S/C10H20N4S/c1-8(5-6-15-4)11-7-10-13-12-9(2)14(10)3/h8,11H,5-7H2,1-4H3. The molecule has 1 unspecified atom stereocenters. The van der Waals surface area contributed by atoms with Gasteiger partial charge in [-0.05, 0) is 32.3 Å². The highest BCUT2D eigenvalue weighted by Gasteiger charge is 2.06. The van der Waals surface area contributed by atoms with E-state index in [9.17, 15) is 0 Å². The van der Waals surface area contributed by atoms with Gasteiger partial charge in [-0.15, -0.1) is 10.2 Å². The first kappa shape index (κ1) is 12.5. The molecule has 0 spiro atoms. The summed E-state index contributed by atoms with van der Waals surface area (Å²) in [5, 5.41) is 11.6. The molecule has 0 aliphatic rings. The number of hydrogen-bond donors (Lipinski definition) is 1. The Morgan fingerprint density at radius 3 is 2.73 bits per heavy atom. The van der Waals surface area contributed by atoms with Crippen LogP contribution >= 0.6 is 11.8 Å². The minimum Gasteiger partial charge on any atom is -0.317 e. The van der Waals surface area contributed by atoms with Gasteiger partial charge in [0.25, 0.3) is 0 Å². The number of aryl methyl sites for hydroxylation is 1. The normalized spacial score (nSPS) is 13.1. The molecule has 1 aromatic heterocycles. The van der Waals surface area contributed by atoms with Gasteiger partial charge in [-0.2, -0.15) is 11.8 Å². The average Bonchev–Trinajstić information content (AvgIpc) is 2.54. The predicted octanol–water partition coefficient (Wildman–Crippen LogP) is 1.35. The molecule has 0 saturated heterocycles. The SMILES string of the molecule is CSCCC(C)NCc1nnc(C)n1C. The lowest BCUT2D eigenvalue weighted by molar-refractivity contribution is 0.517. The van der Waals surface area contributed by atoms with Crippen LogP contribution in [0, 0.1) is 6.92 Å². The van der Waals surface area contributed by atoms with Gasteiger partial charge in [-0.3, -0.25) is 0 Å². The fourth-order valence-electron chi connectivity index (χ4n) is 1.27. The van der Waals surface area contributed by atoms with Crippen LogP contribution in [-0.2, 0) is 13.6 Å². The Morgan fingerprint density at radius 2 is 2.20 bits per heavy atom. The van der Waals surface area contributed by atoms with Crippen LogP contribution in [0.3, 0.4) is 0 Å². The van der Waals surface area contributed by atoms with Gasteiger partial charge in [0.15, 0.2) is 0 Å². The third kappa shape index (κ3) is 3.83. The van der Waals surface area contributed by atoms with E-state index in [1.54, 1.807) is 0 Å². The van der Waals surface area contributed by atoms with Crippen LogP contribution in [0.2, 0.25) is 0 Å². The molecule has 0 saturated carbocycles. The first-order valence-corrected chi connectivity index (χ1v) is 6.61. The highest BCUT2D eigenvalue weighted by atomic mass is 32.2. The molecular weight excluding hydrogens is 208 g/mol. The van der Waals surface area contributed by atoms with Crippen LogP contribution in [0.5, 0.6) is 0 Å². The molecule has 0 bridgehead atoms. The molecule has 0 aromatic carbocycles. The molecule has 0 aliphatic carbocycles. The Hall–Kier alpha value is -0.550. The van der Waals surface area contributed by atoms with Gasteiger partial charge in [-0.25, -0.2) is 0 Å². The van der Waals surface area contributed by atoms with E-state index in [-0.39, 0.29) is 0 Å². The number of nitrogens with zero attached hydrogens (tertiary/aromatic N) is 3. The molecule has 0 fully saturated rings. The molecule has 1 aromatic rings. The highest BCUT2D eigenvalue weighted by molar-refractivity contribution is 7.98. The van der Waals surface area contributed by atoms with Gasteiger partial charge in [0, 0.05) is 13.1 Å². The first-order chi connectivity index (χ1) is 7.15. The summed E-state index contributed by atoms with van der Waals surface area (Å²) in [6.45, 7) is 4.97. The number of rotatable bonds is 6. The summed E-state index contributed by atoms with van der Waals surface area (Å²) in [5.74, 6) is 3.17. The molecule has 5 heteroatoms. The van der Waals surface area contributed by atoms with Crippen LogP contribution in [0.25, 0.3) is 0 Å². The summed E-state index contributed by atoms with van der Waals surface area (Å²) in [4.78, 5) is 0. The van der Waals surface area contributed by atoms with E-state index in [4.69, 9.17) is 0 Å². The Morgan fingerprint density at radius 1 is 1.47 bits per heavy atom. The molecule has 1 rings (SSSR count). The zero-order valence-electron chi connectivity index (χ0n) is 9.95. The van der Waals surface area contributed by atoms with Gasteiger partial charge >= 0.3 is 0 Å². The fraction of sp³-hybridized carbons (Fsp3) is 0.800. The highest BCUT2D eigenvalue weighted by Crippen LogP contribution is 2.02. The lowest BCUT2D eigenvalue weighted by Crippen LogP contribution is -2.27. The molecule has 86 valence electrons.